The highest BCUT2D eigenvalue weighted by Gasteiger charge is 2.27. The third-order valence-corrected chi connectivity index (χ3v) is 5.00. The van der Waals surface area contributed by atoms with Gasteiger partial charge >= 0.3 is 0 Å². The Kier molecular flexibility index (Phi) is 4.86. The van der Waals surface area contributed by atoms with E-state index in [1.165, 1.54) is 0 Å². The number of hydrogen-bond donors (Lipinski definition) is 1. The molecule has 2 N–H and O–H groups in total. The molecule has 2 atom stereocenters. The summed E-state index contributed by atoms with van der Waals surface area (Å²) < 4.78 is 12.0. The lowest BCUT2D eigenvalue weighted by Crippen LogP contribution is -2.33. The van der Waals surface area contributed by atoms with Gasteiger partial charge in [0, 0.05) is 16.4 Å². The van der Waals surface area contributed by atoms with Crippen LogP contribution >= 0.6 is 15.9 Å². The van der Waals surface area contributed by atoms with Crippen LogP contribution < -0.4 is 5.14 Å². The first-order valence-electron chi connectivity index (χ1n) is 5.52. The van der Waals surface area contributed by atoms with E-state index in [1.807, 2.05) is 27.0 Å². The molecule has 17 heavy (non-hydrogen) atoms. The van der Waals surface area contributed by atoms with Crippen LogP contribution in [-0.4, -0.2) is 13.9 Å². The summed E-state index contributed by atoms with van der Waals surface area (Å²) in [4.78, 5) is 4.40. The van der Waals surface area contributed by atoms with Crippen molar-refractivity contribution in [1.82, 2.24) is 4.98 Å². The molecule has 1 heterocycles. The predicted octanol–water partition coefficient (Wildman–Crippen LogP) is 3.05. The summed E-state index contributed by atoms with van der Waals surface area (Å²) in [5.74, 6) is 0.240. The lowest BCUT2D eigenvalue weighted by molar-refractivity contribution is 0.533. The summed E-state index contributed by atoms with van der Waals surface area (Å²) in [6.07, 6.45) is 2.57. The fraction of sp³-hybridized carbons (Fsp3) is 0.583. The van der Waals surface area contributed by atoms with Gasteiger partial charge in [-0.2, -0.15) is 0 Å². The largest absolute Gasteiger partial charge is 0.260 e. The van der Waals surface area contributed by atoms with Gasteiger partial charge in [0.1, 0.15) is 0 Å². The minimum atomic E-state index is -1.32. The van der Waals surface area contributed by atoms with Crippen LogP contribution in [0.25, 0.3) is 0 Å². The summed E-state index contributed by atoms with van der Waals surface area (Å²) in [6, 6.07) is 2.06. The van der Waals surface area contributed by atoms with Crippen molar-refractivity contribution in [1.29, 1.82) is 0 Å². The van der Waals surface area contributed by atoms with Crippen molar-refractivity contribution >= 4 is 26.9 Å². The Balaban J connectivity index is 2.87. The van der Waals surface area contributed by atoms with E-state index in [2.05, 4.69) is 33.9 Å². The Labute approximate surface area is 114 Å². The van der Waals surface area contributed by atoms with E-state index < -0.39 is 11.0 Å². The molecule has 0 aliphatic rings. The van der Waals surface area contributed by atoms with E-state index in [-0.39, 0.29) is 10.7 Å². The van der Waals surface area contributed by atoms with Crippen molar-refractivity contribution in [2.75, 3.05) is 0 Å². The van der Waals surface area contributed by atoms with E-state index in [1.54, 1.807) is 0 Å². The van der Waals surface area contributed by atoms with Crippen LogP contribution in [0, 0.1) is 6.92 Å². The maximum atomic E-state index is 11.4. The van der Waals surface area contributed by atoms with Gasteiger partial charge in [-0.15, -0.1) is 0 Å². The molecule has 0 spiro atoms. The topological polar surface area (TPSA) is 56.0 Å². The van der Waals surface area contributed by atoms with Crippen LogP contribution in [0.1, 0.15) is 44.4 Å². The highest BCUT2D eigenvalue weighted by molar-refractivity contribution is 9.10. The molecule has 0 saturated heterocycles. The van der Waals surface area contributed by atoms with Crippen molar-refractivity contribution in [3.8, 4) is 0 Å². The molecule has 0 saturated carbocycles. The summed E-state index contributed by atoms with van der Waals surface area (Å²) in [5, 5.41) is 5.49. The zero-order valence-electron chi connectivity index (χ0n) is 10.7. The molecule has 5 heteroatoms. The number of hydrogen-bond acceptors (Lipinski definition) is 2. The summed E-state index contributed by atoms with van der Waals surface area (Å²) in [6.45, 7) is 7.97. The van der Waals surface area contributed by atoms with Gasteiger partial charge < -0.3 is 0 Å². The van der Waals surface area contributed by atoms with Crippen LogP contribution in [0.3, 0.4) is 0 Å². The highest BCUT2D eigenvalue weighted by atomic mass is 79.9. The molecule has 1 aromatic rings. The van der Waals surface area contributed by atoms with E-state index >= 15 is 0 Å². The first-order valence-corrected chi connectivity index (χ1v) is 7.53. The Bertz CT molecular complexity index is 435. The third kappa shape index (κ3) is 3.86. The molecule has 1 unspecified atom stereocenters. The molecule has 96 valence electrons. The maximum absolute atomic E-state index is 11.4. The molecule has 0 radical (unpaired) electrons. The number of nitrogens with zero attached hydrogens (tertiary/aromatic N) is 1. The fourth-order valence-corrected chi connectivity index (χ4v) is 2.39. The zero-order chi connectivity index (χ0) is 13.2. The maximum Gasteiger partial charge on any atom is 0.0945 e. The van der Waals surface area contributed by atoms with Gasteiger partial charge in [-0.05, 0) is 60.7 Å². The summed E-state index contributed by atoms with van der Waals surface area (Å²) in [7, 11) is -1.32. The Hall–Kier alpha value is -0.260. The second-order valence-electron chi connectivity index (χ2n) is 5.02. The Morgan fingerprint density at radius 2 is 2.18 bits per heavy atom. The second-order valence-corrected chi connectivity index (χ2v) is 7.57. The van der Waals surface area contributed by atoms with Crippen LogP contribution in [0.2, 0.25) is 0 Å². The Morgan fingerprint density at radius 3 is 2.65 bits per heavy atom. The molecular formula is C12H19BrN2OS. The third-order valence-electron chi connectivity index (χ3n) is 2.92. The highest BCUT2D eigenvalue weighted by Crippen LogP contribution is 2.28. The van der Waals surface area contributed by atoms with Crippen LogP contribution in [-0.2, 0) is 11.0 Å². The molecule has 0 aliphatic heterocycles. The van der Waals surface area contributed by atoms with E-state index in [0.717, 1.165) is 22.2 Å². The van der Waals surface area contributed by atoms with E-state index in [4.69, 9.17) is 5.14 Å². The molecule has 0 amide bonds. The monoisotopic (exact) mass is 318 g/mol. The molecule has 0 aromatic carbocycles. The van der Waals surface area contributed by atoms with Crippen LogP contribution in [0.5, 0.6) is 0 Å². The van der Waals surface area contributed by atoms with Gasteiger partial charge in [-0.25, -0.2) is 4.21 Å². The summed E-state index contributed by atoms with van der Waals surface area (Å²) >= 11 is 3.43. The molecule has 0 fully saturated rings. The number of aryl methyl sites for hydroxylation is 1. The van der Waals surface area contributed by atoms with Gasteiger partial charge in [0.2, 0.25) is 0 Å². The molecular weight excluding hydrogens is 300 g/mol. The molecule has 0 bridgehead atoms. The lowest BCUT2D eigenvalue weighted by Gasteiger charge is -2.25. The van der Waals surface area contributed by atoms with Gasteiger partial charge in [-0.1, -0.05) is 6.92 Å². The average molecular weight is 319 g/mol. The van der Waals surface area contributed by atoms with Crippen LogP contribution in [0.15, 0.2) is 16.7 Å². The quantitative estimate of drug-likeness (QED) is 0.927. The van der Waals surface area contributed by atoms with Gasteiger partial charge in [0.15, 0.2) is 0 Å². The first kappa shape index (κ1) is 14.8. The zero-order valence-corrected chi connectivity index (χ0v) is 13.1. The smallest absolute Gasteiger partial charge is 0.0945 e. The van der Waals surface area contributed by atoms with Crippen molar-refractivity contribution in [3.05, 3.63) is 28.0 Å². The van der Waals surface area contributed by atoms with Crippen molar-refractivity contribution in [2.45, 2.75) is 44.8 Å². The SMILES string of the molecule is Cc1cc([C@@H](C)CC(C)(C)S(N)=O)ncc1Br. The lowest BCUT2D eigenvalue weighted by atomic mass is 9.94. The summed E-state index contributed by atoms with van der Waals surface area (Å²) in [5.41, 5.74) is 2.18. The van der Waals surface area contributed by atoms with Crippen molar-refractivity contribution in [3.63, 3.8) is 0 Å². The normalized spacial score (nSPS) is 15.6. The average Bonchev–Trinajstić information content (AvgIpc) is 2.21. The standard InChI is InChI=1S/C12H19BrN2OS/c1-8-5-11(15-7-10(8)13)9(2)6-12(3,4)17(14)16/h5,7,9H,6,14H2,1-4H3/t9-,17?/m0/s1. The van der Waals surface area contributed by atoms with Crippen LogP contribution in [0.4, 0.5) is 0 Å². The molecule has 1 aromatic heterocycles. The van der Waals surface area contributed by atoms with Gasteiger partial charge in [0.05, 0.1) is 15.7 Å². The van der Waals surface area contributed by atoms with Crippen molar-refractivity contribution in [2.24, 2.45) is 5.14 Å². The fourth-order valence-electron chi connectivity index (χ4n) is 1.75. The second kappa shape index (κ2) is 5.59. The van der Waals surface area contributed by atoms with Gasteiger partial charge in [-0.3, -0.25) is 10.1 Å². The van der Waals surface area contributed by atoms with Crippen molar-refractivity contribution < 1.29 is 4.21 Å². The molecule has 1 rings (SSSR count). The number of halogens is 1. The number of pyridine rings is 1. The number of aromatic nitrogens is 1. The minimum Gasteiger partial charge on any atom is -0.260 e. The first-order chi connectivity index (χ1) is 7.74. The molecule has 0 aliphatic carbocycles. The predicted molar refractivity (Wildman–Crippen MR) is 76.1 cm³/mol. The number of nitrogens with two attached hydrogens (primary N) is 1. The van der Waals surface area contributed by atoms with Gasteiger partial charge in [0.25, 0.3) is 0 Å². The minimum absolute atomic E-state index is 0.240. The number of rotatable bonds is 4. The Morgan fingerprint density at radius 1 is 1.59 bits per heavy atom. The molecule has 3 nitrogen and oxygen atoms in total. The van der Waals surface area contributed by atoms with E-state index in [0.29, 0.717) is 0 Å². The van der Waals surface area contributed by atoms with E-state index in [9.17, 15) is 4.21 Å².